The molecule has 8 heteroatoms. The first-order valence-corrected chi connectivity index (χ1v) is 7.84. The van der Waals surface area contributed by atoms with E-state index in [9.17, 15) is 4.79 Å². The molecule has 1 fully saturated rings. The summed E-state index contributed by atoms with van der Waals surface area (Å²) in [5.74, 6) is 1.45. The van der Waals surface area contributed by atoms with Gasteiger partial charge in [0.15, 0.2) is 5.82 Å². The van der Waals surface area contributed by atoms with Crippen molar-refractivity contribution in [2.45, 2.75) is 38.6 Å². The monoisotopic (exact) mass is 319 g/mol. The molecule has 0 aromatic carbocycles. The minimum atomic E-state index is -0.118. The number of morpholine rings is 1. The molecule has 1 amide bonds. The Balaban J connectivity index is 1.61. The Labute approximate surface area is 134 Å². The van der Waals surface area contributed by atoms with E-state index in [0.717, 1.165) is 5.69 Å². The Hall–Kier alpha value is -2.22. The number of amides is 1. The molecule has 124 valence electrons. The van der Waals surface area contributed by atoms with Gasteiger partial charge in [-0.2, -0.15) is 10.1 Å². The van der Waals surface area contributed by atoms with Crippen LogP contribution in [0.25, 0.3) is 0 Å². The summed E-state index contributed by atoms with van der Waals surface area (Å²) in [6.07, 6.45) is 2.47. The molecule has 0 aliphatic carbocycles. The number of hydrogen-bond acceptors (Lipinski definition) is 6. The maximum Gasteiger partial charge on any atom is 0.227 e. The lowest BCUT2D eigenvalue weighted by atomic mass is 10.1. The first kappa shape index (κ1) is 15.7. The highest BCUT2D eigenvalue weighted by Gasteiger charge is 2.29. The lowest BCUT2D eigenvalue weighted by molar-refractivity contribution is -0.140. The molecule has 1 unspecified atom stereocenters. The third-order valence-corrected chi connectivity index (χ3v) is 3.88. The van der Waals surface area contributed by atoms with Crippen molar-refractivity contribution in [1.82, 2.24) is 25.2 Å². The molecule has 0 spiro atoms. The summed E-state index contributed by atoms with van der Waals surface area (Å²) in [4.78, 5) is 18.7. The Morgan fingerprint density at radius 3 is 3.09 bits per heavy atom. The molecular weight excluding hydrogens is 298 g/mol. The Bertz CT molecular complexity index is 637. The molecule has 0 bridgehead atoms. The average molecular weight is 319 g/mol. The molecule has 3 rings (SSSR count). The molecule has 23 heavy (non-hydrogen) atoms. The van der Waals surface area contributed by atoms with Crippen molar-refractivity contribution in [2.75, 3.05) is 19.8 Å². The second-order valence-electron chi connectivity index (χ2n) is 5.89. The van der Waals surface area contributed by atoms with Crippen molar-refractivity contribution < 1.29 is 14.1 Å². The molecule has 8 nitrogen and oxygen atoms in total. The molecule has 0 saturated carbocycles. The quantitative estimate of drug-likeness (QED) is 0.896. The van der Waals surface area contributed by atoms with Gasteiger partial charge < -0.3 is 14.2 Å². The van der Waals surface area contributed by atoms with Crippen molar-refractivity contribution in [3.63, 3.8) is 0 Å². The van der Waals surface area contributed by atoms with Gasteiger partial charge in [-0.25, -0.2) is 0 Å². The number of carbonyl (C=O) groups is 1. The van der Waals surface area contributed by atoms with Crippen molar-refractivity contribution in [2.24, 2.45) is 0 Å². The minimum Gasteiger partial charge on any atom is -0.377 e. The van der Waals surface area contributed by atoms with Gasteiger partial charge in [0.2, 0.25) is 11.8 Å². The lowest BCUT2D eigenvalue weighted by Gasteiger charge is -2.34. The highest BCUT2D eigenvalue weighted by molar-refractivity contribution is 5.77. The van der Waals surface area contributed by atoms with E-state index in [0.29, 0.717) is 44.3 Å². The van der Waals surface area contributed by atoms with Gasteiger partial charge in [0.25, 0.3) is 0 Å². The smallest absolute Gasteiger partial charge is 0.227 e. The fourth-order valence-corrected chi connectivity index (χ4v) is 2.57. The molecule has 1 aliphatic rings. The lowest BCUT2D eigenvalue weighted by Crippen LogP contribution is -2.43. The Morgan fingerprint density at radius 1 is 1.52 bits per heavy atom. The number of nitrogens with one attached hydrogen (secondary N) is 1. The van der Waals surface area contributed by atoms with Crippen LogP contribution in [0.2, 0.25) is 0 Å². The molecule has 1 saturated heterocycles. The summed E-state index contributed by atoms with van der Waals surface area (Å²) in [5.41, 5.74) is 0.887. The van der Waals surface area contributed by atoms with Gasteiger partial charge >= 0.3 is 0 Å². The van der Waals surface area contributed by atoms with Crippen molar-refractivity contribution in [3.05, 3.63) is 29.7 Å². The van der Waals surface area contributed by atoms with Gasteiger partial charge in [0.05, 0.1) is 24.9 Å². The molecule has 3 heterocycles. The van der Waals surface area contributed by atoms with E-state index in [2.05, 4.69) is 20.3 Å². The zero-order valence-electron chi connectivity index (χ0n) is 13.4. The second kappa shape index (κ2) is 6.91. The van der Waals surface area contributed by atoms with E-state index >= 15 is 0 Å². The first-order valence-electron chi connectivity index (χ1n) is 7.84. The van der Waals surface area contributed by atoms with Crippen LogP contribution in [-0.4, -0.2) is 50.9 Å². The minimum absolute atomic E-state index is 0.0530. The summed E-state index contributed by atoms with van der Waals surface area (Å²) >= 11 is 0. The predicted molar refractivity (Wildman–Crippen MR) is 80.6 cm³/mol. The van der Waals surface area contributed by atoms with Gasteiger partial charge in [-0.1, -0.05) is 19.0 Å². The number of nitrogens with zero attached hydrogens (tertiary/aromatic N) is 4. The maximum absolute atomic E-state index is 12.6. The van der Waals surface area contributed by atoms with Gasteiger partial charge in [-0.15, -0.1) is 0 Å². The number of aromatic nitrogens is 4. The number of aryl methyl sites for hydroxylation is 1. The number of rotatable bonds is 5. The van der Waals surface area contributed by atoms with E-state index < -0.39 is 0 Å². The summed E-state index contributed by atoms with van der Waals surface area (Å²) < 4.78 is 10.7. The summed E-state index contributed by atoms with van der Waals surface area (Å²) in [6.45, 7) is 5.61. The van der Waals surface area contributed by atoms with Gasteiger partial charge in [-0.05, 0) is 6.07 Å². The van der Waals surface area contributed by atoms with E-state index in [1.807, 2.05) is 24.8 Å². The van der Waals surface area contributed by atoms with E-state index in [4.69, 9.17) is 9.26 Å². The molecule has 2 aromatic heterocycles. The fourth-order valence-electron chi connectivity index (χ4n) is 2.57. The number of carbonyl (C=O) groups excluding carboxylic acids is 1. The standard InChI is InChI=1S/C15H21N5O3/c1-10(2)15-17-13(23-19-15)3-4-14(21)20-7-8-22-9-12(20)11-5-6-16-18-11/h5-6,10,12H,3-4,7-9H2,1-2H3,(H,16,18). The number of H-pyrrole nitrogens is 1. The number of hydrogen-bond donors (Lipinski definition) is 1. The zero-order chi connectivity index (χ0) is 16.2. The zero-order valence-corrected chi connectivity index (χ0v) is 13.4. The van der Waals surface area contributed by atoms with Crippen LogP contribution in [0.3, 0.4) is 0 Å². The summed E-state index contributed by atoms with van der Waals surface area (Å²) in [7, 11) is 0. The van der Waals surface area contributed by atoms with Gasteiger partial charge in [-0.3, -0.25) is 9.89 Å². The highest BCUT2D eigenvalue weighted by Crippen LogP contribution is 2.23. The van der Waals surface area contributed by atoms with Crippen LogP contribution >= 0.6 is 0 Å². The predicted octanol–water partition coefficient (Wildman–Crippen LogP) is 1.45. The maximum atomic E-state index is 12.6. The summed E-state index contributed by atoms with van der Waals surface area (Å²) in [6, 6.07) is 1.75. The topological polar surface area (TPSA) is 97.1 Å². The largest absolute Gasteiger partial charge is 0.377 e. The first-order chi connectivity index (χ1) is 11.1. The Morgan fingerprint density at radius 2 is 2.39 bits per heavy atom. The molecular formula is C15H21N5O3. The molecule has 1 N–H and O–H groups in total. The van der Waals surface area contributed by atoms with Gasteiger partial charge in [0.1, 0.15) is 0 Å². The molecule has 0 radical (unpaired) electrons. The van der Waals surface area contributed by atoms with Crippen molar-refractivity contribution in [3.8, 4) is 0 Å². The van der Waals surface area contributed by atoms with Crippen LogP contribution in [0.4, 0.5) is 0 Å². The third kappa shape index (κ3) is 3.58. The molecule has 2 aromatic rings. The molecule has 1 aliphatic heterocycles. The summed E-state index contributed by atoms with van der Waals surface area (Å²) in [5, 5.41) is 10.8. The number of aromatic amines is 1. The van der Waals surface area contributed by atoms with Crippen molar-refractivity contribution >= 4 is 5.91 Å². The van der Waals surface area contributed by atoms with E-state index in [-0.39, 0.29) is 17.9 Å². The normalized spacial score (nSPS) is 18.6. The van der Waals surface area contributed by atoms with Crippen LogP contribution in [0.1, 0.15) is 49.6 Å². The molecule has 1 atom stereocenters. The van der Waals surface area contributed by atoms with Crippen molar-refractivity contribution in [1.29, 1.82) is 0 Å². The van der Waals surface area contributed by atoms with Crippen LogP contribution < -0.4 is 0 Å². The van der Waals surface area contributed by atoms with Crippen LogP contribution in [0, 0.1) is 0 Å². The van der Waals surface area contributed by atoms with Crippen LogP contribution in [0.15, 0.2) is 16.8 Å². The van der Waals surface area contributed by atoms with Crippen LogP contribution in [0.5, 0.6) is 0 Å². The second-order valence-corrected chi connectivity index (χ2v) is 5.89. The highest BCUT2D eigenvalue weighted by atomic mass is 16.5. The van der Waals surface area contributed by atoms with Gasteiger partial charge in [0, 0.05) is 31.5 Å². The SMILES string of the molecule is CC(C)c1noc(CCC(=O)N2CCOCC2c2ccn[nH]2)n1. The van der Waals surface area contributed by atoms with E-state index in [1.54, 1.807) is 6.20 Å². The van der Waals surface area contributed by atoms with E-state index in [1.165, 1.54) is 0 Å². The number of ether oxygens (including phenoxy) is 1. The average Bonchev–Trinajstić information content (AvgIpc) is 3.24. The van der Waals surface area contributed by atoms with Crippen LogP contribution in [-0.2, 0) is 16.0 Å². The fraction of sp³-hybridized carbons (Fsp3) is 0.600. The Kier molecular flexibility index (Phi) is 4.71. The third-order valence-electron chi connectivity index (χ3n) is 3.88.